The van der Waals surface area contributed by atoms with E-state index in [4.69, 9.17) is 9.47 Å². The van der Waals surface area contributed by atoms with E-state index in [-0.39, 0.29) is 17.6 Å². The summed E-state index contributed by atoms with van der Waals surface area (Å²) < 4.78 is 12.1. The third-order valence-electron chi connectivity index (χ3n) is 4.95. The van der Waals surface area contributed by atoms with Crippen LogP contribution in [0.1, 0.15) is 39.5 Å². The SMILES string of the molecule is Cc1cncc(CO[C@@H]2CCOC3(C2)CN(C(=O)c2csc(C)n2)C3)c1. The number of amides is 1. The van der Waals surface area contributed by atoms with Gasteiger partial charge in [-0.2, -0.15) is 0 Å². The van der Waals surface area contributed by atoms with E-state index in [0.29, 0.717) is 32.0 Å². The molecule has 1 spiro atoms. The number of aryl methyl sites for hydroxylation is 2. The van der Waals surface area contributed by atoms with Crippen molar-refractivity contribution in [3.8, 4) is 0 Å². The fraction of sp³-hybridized carbons (Fsp3) is 0.526. The highest BCUT2D eigenvalue weighted by Crippen LogP contribution is 2.36. The zero-order chi connectivity index (χ0) is 18.1. The summed E-state index contributed by atoms with van der Waals surface area (Å²) in [7, 11) is 0. The number of ether oxygens (including phenoxy) is 2. The van der Waals surface area contributed by atoms with E-state index in [1.54, 1.807) is 0 Å². The number of carbonyl (C=O) groups is 1. The Kier molecular flexibility index (Phi) is 4.77. The molecule has 0 aromatic carbocycles. The van der Waals surface area contributed by atoms with Gasteiger partial charge in [-0.15, -0.1) is 11.3 Å². The van der Waals surface area contributed by atoms with Gasteiger partial charge < -0.3 is 14.4 Å². The van der Waals surface area contributed by atoms with Crippen LogP contribution in [0.4, 0.5) is 0 Å². The van der Waals surface area contributed by atoms with Crippen molar-refractivity contribution in [1.29, 1.82) is 0 Å². The van der Waals surface area contributed by atoms with E-state index < -0.39 is 0 Å². The van der Waals surface area contributed by atoms with Crippen LogP contribution in [0.25, 0.3) is 0 Å². The average Bonchev–Trinajstić information content (AvgIpc) is 3.04. The maximum atomic E-state index is 12.5. The predicted octanol–water partition coefficient (Wildman–Crippen LogP) is 2.75. The van der Waals surface area contributed by atoms with Crippen LogP contribution in [0.5, 0.6) is 0 Å². The Morgan fingerprint density at radius 1 is 1.42 bits per heavy atom. The Morgan fingerprint density at radius 2 is 2.27 bits per heavy atom. The van der Waals surface area contributed by atoms with Crippen LogP contribution in [0.15, 0.2) is 23.8 Å². The number of pyridine rings is 1. The van der Waals surface area contributed by atoms with E-state index in [1.165, 1.54) is 11.3 Å². The van der Waals surface area contributed by atoms with Crippen LogP contribution in [0, 0.1) is 13.8 Å². The summed E-state index contributed by atoms with van der Waals surface area (Å²) >= 11 is 1.50. The Bertz CT molecular complexity index is 801. The number of nitrogens with zero attached hydrogens (tertiary/aromatic N) is 3. The van der Waals surface area contributed by atoms with Gasteiger partial charge in [0.15, 0.2) is 0 Å². The van der Waals surface area contributed by atoms with Crippen molar-refractivity contribution in [3.05, 3.63) is 45.7 Å². The predicted molar refractivity (Wildman–Crippen MR) is 98.2 cm³/mol. The first-order chi connectivity index (χ1) is 12.5. The summed E-state index contributed by atoms with van der Waals surface area (Å²) in [5.74, 6) is -0.00236. The quantitative estimate of drug-likeness (QED) is 0.825. The molecule has 2 aliphatic rings. The minimum atomic E-state index is -0.255. The number of thiazole rings is 1. The number of carbonyl (C=O) groups excluding carboxylic acids is 1. The molecule has 138 valence electrons. The zero-order valence-corrected chi connectivity index (χ0v) is 15.9. The summed E-state index contributed by atoms with van der Waals surface area (Å²) in [5.41, 5.74) is 2.52. The smallest absolute Gasteiger partial charge is 0.273 e. The molecule has 0 aliphatic carbocycles. The van der Waals surface area contributed by atoms with Crippen LogP contribution >= 0.6 is 11.3 Å². The average molecular weight is 373 g/mol. The van der Waals surface area contributed by atoms with Crippen molar-refractivity contribution in [2.75, 3.05) is 19.7 Å². The third kappa shape index (κ3) is 3.65. The maximum absolute atomic E-state index is 12.5. The van der Waals surface area contributed by atoms with Crippen molar-refractivity contribution >= 4 is 17.2 Å². The summed E-state index contributed by atoms with van der Waals surface area (Å²) in [6.07, 6.45) is 5.56. The Labute approximate surface area is 157 Å². The molecule has 0 saturated carbocycles. The van der Waals surface area contributed by atoms with E-state index in [2.05, 4.69) is 16.0 Å². The largest absolute Gasteiger partial charge is 0.373 e. The topological polar surface area (TPSA) is 64.6 Å². The van der Waals surface area contributed by atoms with Crippen LogP contribution < -0.4 is 0 Å². The lowest BCUT2D eigenvalue weighted by Gasteiger charge is -2.52. The van der Waals surface area contributed by atoms with Gasteiger partial charge in [-0.3, -0.25) is 9.78 Å². The molecule has 0 N–H and O–H groups in total. The van der Waals surface area contributed by atoms with Gasteiger partial charge in [-0.05, 0) is 31.4 Å². The lowest BCUT2D eigenvalue weighted by atomic mass is 9.84. The van der Waals surface area contributed by atoms with Gasteiger partial charge in [-0.1, -0.05) is 6.07 Å². The van der Waals surface area contributed by atoms with Gasteiger partial charge in [0.2, 0.25) is 0 Å². The Balaban J connectivity index is 1.31. The van der Waals surface area contributed by atoms with Gasteiger partial charge in [0, 0.05) is 30.8 Å². The molecule has 4 heterocycles. The summed E-state index contributed by atoms with van der Waals surface area (Å²) in [6, 6.07) is 2.10. The second kappa shape index (κ2) is 7.06. The Morgan fingerprint density at radius 3 is 3.00 bits per heavy atom. The number of hydrogen-bond acceptors (Lipinski definition) is 6. The second-order valence-electron chi connectivity index (χ2n) is 7.24. The van der Waals surface area contributed by atoms with E-state index >= 15 is 0 Å². The molecule has 7 heteroatoms. The minimum absolute atomic E-state index is 0.00236. The number of hydrogen-bond donors (Lipinski definition) is 0. The van der Waals surface area contributed by atoms with Crippen molar-refractivity contribution in [1.82, 2.24) is 14.9 Å². The lowest BCUT2D eigenvalue weighted by Crippen LogP contribution is -2.67. The molecule has 2 saturated heterocycles. The van der Waals surface area contributed by atoms with Crippen molar-refractivity contribution in [3.63, 3.8) is 0 Å². The zero-order valence-electron chi connectivity index (χ0n) is 15.1. The van der Waals surface area contributed by atoms with E-state index in [0.717, 1.165) is 29.0 Å². The molecular formula is C19H23N3O3S. The molecule has 2 aromatic heterocycles. The summed E-state index contributed by atoms with van der Waals surface area (Å²) in [4.78, 5) is 22.8. The van der Waals surface area contributed by atoms with Crippen molar-refractivity contribution < 1.29 is 14.3 Å². The molecule has 1 atom stereocenters. The molecule has 2 aromatic rings. The molecule has 0 unspecified atom stereocenters. The number of rotatable bonds is 4. The van der Waals surface area contributed by atoms with Gasteiger partial charge in [0.1, 0.15) is 11.3 Å². The molecule has 4 rings (SSSR count). The molecule has 0 radical (unpaired) electrons. The highest BCUT2D eigenvalue weighted by molar-refractivity contribution is 7.09. The van der Waals surface area contributed by atoms with Crippen LogP contribution in [0.2, 0.25) is 0 Å². The van der Waals surface area contributed by atoms with Crippen LogP contribution in [0.3, 0.4) is 0 Å². The van der Waals surface area contributed by atoms with E-state index in [9.17, 15) is 4.79 Å². The highest BCUT2D eigenvalue weighted by atomic mass is 32.1. The normalized spacial score (nSPS) is 21.6. The van der Waals surface area contributed by atoms with Crippen molar-refractivity contribution in [2.24, 2.45) is 0 Å². The molecular weight excluding hydrogens is 350 g/mol. The monoisotopic (exact) mass is 373 g/mol. The molecule has 0 bridgehead atoms. The molecule has 6 nitrogen and oxygen atoms in total. The van der Waals surface area contributed by atoms with Crippen LogP contribution in [-0.4, -0.2) is 52.2 Å². The third-order valence-corrected chi connectivity index (χ3v) is 5.72. The van der Waals surface area contributed by atoms with Gasteiger partial charge in [0.05, 0.1) is 30.8 Å². The highest BCUT2D eigenvalue weighted by Gasteiger charge is 2.50. The first kappa shape index (κ1) is 17.6. The Hall–Kier alpha value is -1.83. The van der Waals surface area contributed by atoms with Crippen LogP contribution in [-0.2, 0) is 16.1 Å². The van der Waals surface area contributed by atoms with Gasteiger partial charge >= 0.3 is 0 Å². The van der Waals surface area contributed by atoms with E-state index in [1.807, 2.05) is 36.5 Å². The number of likely N-dealkylation sites (tertiary alicyclic amines) is 1. The van der Waals surface area contributed by atoms with Gasteiger partial charge in [-0.25, -0.2) is 4.98 Å². The molecule has 1 amide bonds. The molecule has 2 fully saturated rings. The maximum Gasteiger partial charge on any atom is 0.273 e. The minimum Gasteiger partial charge on any atom is -0.373 e. The second-order valence-corrected chi connectivity index (χ2v) is 8.30. The van der Waals surface area contributed by atoms with Crippen molar-refractivity contribution in [2.45, 2.75) is 45.0 Å². The molecule has 26 heavy (non-hydrogen) atoms. The first-order valence-electron chi connectivity index (χ1n) is 8.90. The number of aromatic nitrogens is 2. The standard InChI is InChI=1S/C19H23N3O3S/c1-13-5-15(8-20-7-13)9-24-16-3-4-25-19(6-16)11-22(12-19)18(23)17-10-26-14(2)21-17/h5,7-8,10,16H,3-4,6,9,11-12H2,1-2H3/t16-/m1/s1. The fourth-order valence-electron chi connectivity index (χ4n) is 3.67. The first-order valence-corrected chi connectivity index (χ1v) is 9.78. The molecule has 2 aliphatic heterocycles. The fourth-order valence-corrected chi connectivity index (χ4v) is 4.26. The van der Waals surface area contributed by atoms with Gasteiger partial charge in [0.25, 0.3) is 5.91 Å². The summed E-state index contributed by atoms with van der Waals surface area (Å²) in [6.45, 7) is 6.42. The summed E-state index contributed by atoms with van der Waals surface area (Å²) in [5, 5.41) is 2.74. The lowest BCUT2D eigenvalue weighted by molar-refractivity contribution is -0.188.